The number of carboxylic acid groups (broad SMARTS) is 1. The average Bonchev–Trinajstić information content (AvgIpc) is 3.55. The first kappa shape index (κ1) is 25.8. The number of fused-ring (bicyclic) bond motifs is 3. The molecule has 0 aromatic heterocycles. The van der Waals surface area contributed by atoms with Gasteiger partial charge in [-0.25, -0.2) is 9.59 Å². The van der Waals surface area contributed by atoms with E-state index >= 15 is 0 Å². The van der Waals surface area contributed by atoms with Crippen molar-refractivity contribution >= 4 is 11.9 Å². The second-order valence-corrected chi connectivity index (χ2v) is 10.9. The Balaban J connectivity index is 1.56. The summed E-state index contributed by atoms with van der Waals surface area (Å²) in [6.45, 7) is 5.57. The summed E-state index contributed by atoms with van der Waals surface area (Å²) < 4.78 is 23.0. The van der Waals surface area contributed by atoms with E-state index in [0.717, 1.165) is 43.5 Å². The van der Waals surface area contributed by atoms with Crippen LogP contribution in [0.4, 0.5) is 0 Å². The first-order valence-corrected chi connectivity index (χ1v) is 12.9. The molecule has 1 aliphatic carbocycles. The minimum atomic E-state index is -2.61. The number of hydrogen-bond donors (Lipinski definition) is 3. The second kappa shape index (κ2) is 9.49. The quantitative estimate of drug-likeness (QED) is 0.439. The van der Waals surface area contributed by atoms with Crippen LogP contribution >= 0.6 is 0 Å². The van der Waals surface area contributed by atoms with Gasteiger partial charge in [0.15, 0.2) is 29.3 Å². The summed E-state index contributed by atoms with van der Waals surface area (Å²) in [5.74, 6) is -1.45. The predicted octanol–water partition coefficient (Wildman–Crippen LogP) is 1.96. The van der Waals surface area contributed by atoms with Gasteiger partial charge in [-0.15, -0.1) is 0 Å². The van der Waals surface area contributed by atoms with Crippen molar-refractivity contribution in [1.82, 2.24) is 4.90 Å². The summed E-state index contributed by atoms with van der Waals surface area (Å²) in [7, 11) is 1.51. The van der Waals surface area contributed by atoms with Crippen LogP contribution in [0.15, 0.2) is 24.0 Å². The number of carbonyl (C=O) groups is 2. The average molecular weight is 518 g/mol. The van der Waals surface area contributed by atoms with Gasteiger partial charge in [-0.05, 0) is 73.9 Å². The second-order valence-electron chi connectivity index (χ2n) is 10.9. The normalized spacial score (nSPS) is 28.4. The van der Waals surface area contributed by atoms with E-state index in [1.807, 2.05) is 32.1 Å². The number of aliphatic hydroxyl groups is 2. The predicted molar refractivity (Wildman–Crippen MR) is 130 cm³/mol. The molecule has 3 heterocycles. The molecule has 0 amide bonds. The number of carboxylic acids is 1. The van der Waals surface area contributed by atoms with Crippen LogP contribution in [-0.4, -0.2) is 82.5 Å². The Bertz CT molecular complexity index is 1120. The Labute approximate surface area is 215 Å². The third-order valence-electron chi connectivity index (χ3n) is 8.34. The fourth-order valence-corrected chi connectivity index (χ4v) is 6.38. The van der Waals surface area contributed by atoms with E-state index in [1.54, 1.807) is 0 Å². The number of rotatable bonds is 8. The Morgan fingerprint density at radius 2 is 1.97 bits per heavy atom. The molecule has 1 aromatic carbocycles. The molecule has 5 rings (SSSR count). The maximum absolute atomic E-state index is 13.6. The van der Waals surface area contributed by atoms with Crippen molar-refractivity contribution in [3.63, 3.8) is 0 Å². The van der Waals surface area contributed by atoms with E-state index in [9.17, 15) is 24.9 Å². The van der Waals surface area contributed by atoms with Gasteiger partial charge in [0, 0.05) is 6.54 Å². The van der Waals surface area contributed by atoms with Gasteiger partial charge in [-0.3, -0.25) is 4.90 Å². The Hall–Kier alpha value is -2.82. The fraction of sp³-hybridized carbons (Fsp3) is 0.630. The van der Waals surface area contributed by atoms with Crippen LogP contribution in [0.5, 0.6) is 11.5 Å². The van der Waals surface area contributed by atoms with Gasteiger partial charge in [-0.2, -0.15) is 0 Å². The van der Waals surface area contributed by atoms with Gasteiger partial charge in [0.25, 0.3) is 0 Å². The van der Waals surface area contributed by atoms with E-state index in [-0.39, 0.29) is 25.0 Å². The number of nitrogens with zero attached hydrogens (tertiary/aromatic N) is 1. The van der Waals surface area contributed by atoms with Crippen LogP contribution in [-0.2, 0) is 25.5 Å². The van der Waals surface area contributed by atoms with E-state index in [1.165, 1.54) is 7.11 Å². The lowest BCUT2D eigenvalue weighted by molar-refractivity contribution is -0.194. The van der Waals surface area contributed by atoms with Crippen molar-refractivity contribution < 1.29 is 43.9 Å². The molecule has 1 fully saturated rings. The molecule has 0 bridgehead atoms. The number of carbonyl (C=O) groups excluding carboxylic acids is 1. The highest BCUT2D eigenvalue weighted by Crippen LogP contribution is 2.55. The zero-order chi connectivity index (χ0) is 26.5. The minimum Gasteiger partial charge on any atom is -0.497 e. The van der Waals surface area contributed by atoms with E-state index in [4.69, 9.17) is 18.9 Å². The van der Waals surface area contributed by atoms with Crippen LogP contribution in [0, 0.1) is 5.92 Å². The third kappa shape index (κ3) is 4.15. The molecular weight excluding hydrogens is 482 g/mol. The van der Waals surface area contributed by atoms with Gasteiger partial charge in [-0.1, -0.05) is 13.8 Å². The van der Waals surface area contributed by atoms with Crippen LogP contribution in [0.25, 0.3) is 0 Å². The largest absolute Gasteiger partial charge is 0.497 e. The molecule has 37 heavy (non-hydrogen) atoms. The van der Waals surface area contributed by atoms with Crippen molar-refractivity contribution in [2.24, 2.45) is 5.92 Å². The molecule has 3 aliphatic heterocycles. The van der Waals surface area contributed by atoms with Crippen LogP contribution in [0.2, 0.25) is 0 Å². The van der Waals surface area contributed by atoms with Crippen molar-refractivity contribution in [2.45, 2.75) is 75.2 Å². The monoisotopic (exact) mass is 517 g/mol. The maximum Gasteiger partial charge on any atom is 0.342 e. The summed E-state index contributed by atoms with van der Waals surface area (Å²) in [6.07, 6.45) is 1.38. The molecule has 4 aliphatic rings. The van der Waals surface area contributed by atoms with Gasteiger partial charge in [0.05, 0.1) is 18.6 Å². The molecule has 202 valence electrons. The summed E-state index contributed by atoms with van der Waals surface area (Å²) in [4.78, 5) is 27.6. The van der Waals surface area contributed by atoms with Crippen molar-refractivity contribution in [1.29, 1.82) is 0 Å². The Morgan fingerprint density at radius 3 is 2.65 bits per heavy atom. The van der Waals surface area contributed by atoms with Gasteiger partial charge < -0.3 is 34.3 Å². The first-order valence-electron chi connectivity index (χ1n) is 12.9. The summed E-state index contributed by atoms with van der Waals surface area (Å²) in [5, 5.41) is 31.1. The van der Waals surface area contributed by atoms with Crippen LogP contribution in [0.1, 0.15) is 56.6 Å². The first-order chi connectivity index (χ1) is 17.6. The zero-order valence-corrected chi connectivity index (χ0v) is 21.4. The van der Waals surface area contributed by atoms with E-state index in [2.05, 4.69) is 4.90 Å². The standard InChI is InChI=1S/C27H35NO9/c1-15(2)5-8-27(33,23(29)24(30)31)25(32)37-22-20(34-3)13-26-7-4-9-28(26)10-6-16-11-18-19(36-14-35-18)12-17(16)21(22)26/h11-13,15,21-23,29,33H,4-10,14H2,1-3H3,(H,30,31). The lowest BCUT2D eigenvalue weighted by Gasteiger charge is -2.40. The number of esters is 1. The van der Waals surface area contributed by atoms with Gasteiger partial charge in [0.1, 0.15) is 5.76 Å². The van der Waals surface area contributed by atoms with E-state index < -0.39 is 35.3 Å². The van der Waals surface area contributed by atoms with Gasteiger partial charge in [0.2, 0.25) is 6.79 Å². The number of benzene rings is 1. The molecule has 1 spiro atoms. The van der Waals surface area contributed by atoms with Gasteiger partial charge >= 0.3 is 11.9 Å². The van der Waals surface area contributed by atoms with Crippen molar-refractivity contribution in [3.8, 4) is 11.5 Å². The highest BCUT2D eigenvalue weighted by molar-refractivity contribution is 5.88. The SMILES string of the molecule is COC1=CC23CCCN2CCc2cc4c(cc2C3C1OC(=O)C(O)(CCC(C)C)C(O)C(=O)O)OCO4. The van der Waals surface area contributed by atoms with Crippen LogP contribution < -0.4 is 9.47 Å². The molecule has 3 N–H and O–H groups in total. The fourth-order valence-electron chi connectivity index (χ4n) is 6.38. The molecule has 0 saturated carbocycles. The molecule has 0 radical (unpaired) electrons. The molecule has 1 aromatic rings. The zero-order valence-electron chi connectivity index (χ0n) is 21.4. The molecule has 1 saturated heterocycles. The van der Waals surface area contributed by atoms with Crippen molar-refractivity contribution in [2.75, 3.05) is 27.0 Å². The molecule has 10 heteroatoms. The third-order valence-corrected chi connectivity index (χ3v) is 8.34. The Kier molecular flexibility index (Phi) is 6.62. The lowest BCUT2D eigenvalue weighted by Crippen LogP contribution is -2.55. The highest BCUT2D eigenvalue weighted by atomic mass is 16.7. The highest BCUT2D eigenvalue weighted by Gasteiger charge is 2.59. The smallest absolute Gasteiger partial charge is 0.342 e. The molecular formula is C27H35NO9. The maximum atomic E-state index is 13.6. The summed E-state index contributed by atoms with van der Waals surface area (Å²) in [5.41, 5.74) is -1.09. The van der Waals surface area contributed by atoms with Crippen LogP contribution in [0.3, 0.4) is 0 Å². The molecule has 5 atom stereocenters. The topological polar surface area (TPSA) is 135 Å². The number of hydrogen-bond acceptors (Lipinski definition) is 9. The number of methoxy groups -OCH3 is 1. The number of aliphatic hydroxyl groups excluding tert-OH is 1. The number of ether oxygens (including phenoxy) is 4. The molecule has 5 unspecified atom stereocenters. The molecule has 10 nitrogen and oxygen atoms in total. The van der Waals surface area contributed by atoms with E-state index in [0.29, 0.717) is 23.7 Å². The lowest BCUT2D eigenvalue weighted by atomic mass is 9.77. The minimum absolute atomic E-state index is 0.0644. The summed E-state index contributed by atoms with van der Waals surface area (Å²) in [6, 6.07) is 3.92. The summed E-state index contributed by atoms with van der Waals surface area (Å²) >= 11 is 0. The number of aliphatic carboxylic acids is 1. The van der Waals surface area contributed by atoms with Crippen molar-refractivity contribution in [3.05, 3.63) is 35.1 Å². The Morgan fingerprint density at radius 1 is 1.24 bits per heavy atom.